The maximum Gasteiger partial charge on any atom is 0.223 e. The summed E-state index contributed by atoms with van der Waals surface area (Å²) in [7, 11) is 1.67. The molecular weight excluding hydrogens is 356 g/mol. The molecule has 0 radical (unpaired) electrons. The van der Waals surface area contributed by atoms with E-state index in [0.29, 0.717) is 18.4 Å². The van der Waals surface area contributed by atoms with E-state index in [2.05, 4.69) is 5.32 Å². The van der Waals surface area contributed by atoms with E-state index in [0.717, 1.165) is 43.4 Å². The lowest BCUT2D eigenvalue weighted by Gasteiger charge is -2.32. The molecule has 1 saturated heterocycles. The Labute approximate surface area is 161 Å². The fourth-order valence-corrected chi connectivity index (χ4v) is 3.92. The highest BCUT2D eigenvalue weighted by Gasteiger charge is 2.25. The van der Waals surface area contributed by atoms with Crippen molar-refractivity contribution in [1.82, 2.24) is 10.2 Å². The summed E-state index contributed by atoms with van der Waals surface area (Å²) >= 11 is 1.74. The number of nitrogens with one attached hydrogen (secondary N) is 1. The molecule has 1 saturated carbocycles. The molecule has 0 spiro atoms. The van der Waals surface area contributed by atoms with E-state index in [1.165, 1.54) is 24.3 Å². The molecule has 1 aliphatic heterocycles. The first-order chi connectivity index (χ1) is 11.7. The van der Waals surface area contributed by atoms with Crippen LogP contribution in [0.4, 0.5) is 0 Å². The van der Waals surface area contributed by atoms with Crippen LogP contribution in [0.2, 0.25) is 0 Å². The number of methoxy groups -OCH3 is 1. The Morgan fingerprint density at radius 3 is 2.48 bits per heavy atom. The van der Waals surface area contributed by atoms with Crippen LogP contribution in [-0.4, -0.2) is 49.3 Å². The predicted molar refractivity (Wildman–Crippen MR) is 106 cm³/mol. The number of carbonyl (C=O) groups is 1. The molecule has 6 heteroatoms. The number of amides is 1. The van der Waals surface area contributed by atoms with Gasteiger partial charge in [0, 0.05) is 36.2 Å². The molecule has 1 N–H and O–H groups in total. The largest absolute Gasteiger partial charge is 0.497 e. The van der Waals surface area contributed by atoms with E-state index in [4.69, 9.17) is 4.74 Å². The van der Waals surface area contributed by atoms with Gasteiger partial charge in [0.2, 0.25) is 5.91 Å². The number of likely N-dealkylation sites (tertiary alicyclic amines) is 1. The quantitative estimate of drug-likeness (QED) is 0.695. The van der Waals surface area contributed by atoms with Crippen LogP contribution in [0.25, 0.3) is 0 Å². The normalized spacial score (nSPS) is 17.9. The van der Waals surface area contributed by atoms with Crippen LogP contribution < -0.4 is 10.1 Å². The van der Waals surface area contributed by atoms with Crippen molar-refractivity contribution in [1.29, 1.82) is 0 Å². The van der Waals surface area contributed by atoms with Crippen LogP contribution in [0, 0.1) is 5.92 Å². The SMILES string of the molecule is COc1ccc(SCCC(=O)N2CCC(NCC3CC3)CC2)cc1.Cl. The molecule has 1 aromatic rings. The monoisotopic (exact) mass is 384 g/mol. The van der Waals surface area contributed by atoms with Crippen molar-refractivity contribution in [3.8, 4) is 5.75 Å². The van der Waals surface area contributed by atoms with Crippen molar-refractivity contribution < 1.29 is 9.53 Å². The maximum absolute atomic E-state index is 12.3. The van der Waals surface area contributed by atoms with Gasteiger partial charge in [-0.15, -0.1) is 24.2 Å². The summed E-state index contributed by atoms with van der Waals surface area (Å²) in [5.41, 5.74) is 0. The van der Waals surface area contributed by atoms with Gasteiger partial charge in [-0.2, -0.15) is 0 Å². The van der Waals surface area contributed by atoms with Gasteiger partial charge >= 0.3 is 0 Å². The van der Waals surface area contributed by atoms with E-state index in [-0.39, 0.29) is 12.4 Å². The molecule has 2 aliphatic rings. The summed E-state index contributed by atoms with van der Waals surface area (Å²) in [6, 6.07) is 8.63. The van der Waals surface area contributed by atoms with E-state index in [1.807, 2.05) is 29.2 Å². The Bertz CT molecular complexity index is 529. The Hall–Kier alpha value is -0.910. The molecular formula is C19H29ClN2O2S. The van der Waals surface area contributed by atoms with Gasteiger partial charge in [-0.05, 0) is 62.4 Å². The fraction of sp³-hybridized carbons (Fsp3) is 0.632. The van der Waals surface area contributed by atoms with E-state index in [9.17, 15) is 4.79 Å². The number of halogens is 1. The summed E-state index contributed by atoms with van der Waals surface area (Å²) < 4.78 is 5.16. The average Bonchev–Trinajstić information content (AvgIpc) is 3.45. The lowest BCUT2D eigenvalue weighted by molar-refractivity contribution is -0.131. The van der Waals surface area contributed by atoms with Crippen LogP contribution >= 0.6 is 24.2 Å². The third-order valence-electron chi connectivity index (χ3n) is 4.88. The Morgan fingerprint density at radius 2 is 1.88 bits per heavy atom. The van der Waals surface area contributed by atoms with Crippen LogP contribution in [0.15, 0.2) is 29.2 Å². The summed E-state index contributed by atoms with van der Waals surface area (Å²) in [4.78, 5) is 15.6. The third-order valence-corrected chi connectivity index (χ3v) is 5.90. The number of nitrogens with zero attached hydrogens (tertiary/aromatic N) is 1. The second-order valence-corrected chi connectivity index (χ2v) is 7.95. The van der Waals surface area contributed by atoms with Crippen molar-refractivity contribution in [2.24, 2.45) is 5.92 Å². The lowest BCUT2D eigenvalue weighted by Crippen LogP contribution is -2.45. The number of rotatable bonds is 8. The number of piperidine rings is 1. The molecule has 0 bridgehead atoms. The highest BCUT2D eigenvalue weighted by atomic mass is 35.5. The molecule has 140 valence electrons. The number of carbonyl (C=O) groups excluding carboxylic acids is 1. The minimum Gasteiger partial charge on any atom is -0.497 e. The van der Waals surface area contributed by atoms with Crippen LogP contribution in [0.1, 0.15) is 32.1 Å². The number of ether oxygens (including phenoxy) is 1. The molecule has 1 heterocycles. The Morgan fingerprint density at radius 1 is 1.20 bits per heavy atom. The Balaban J connectivity index is 0.00000225. The molecule has 1 amide bonds. The smallest absolute Gasteiger partial charge is 0.223 e. The van der Waals surface area contributed by atoms with Crippen LogP contribution in [0.5, 0.6) is 5.75 Å². The summed E-state index contributed by atoms with van der Waals surface area (Å²) in [6.45, 7) is 3.00. The van der Waals surface area contributed by atoms with Gasteiger partial charge in [0.25, 0.3) is 0 Å². The molecule has 3 rings (SSSR count). The van der Waals surface area contributed by atoms with Crippen molar-refractivity contribution in [2.45, 2.75) is 43.0 Å². The van der Waals surface area contributed by atoms with Crippen molar-refractivity contribution in [2.75, 3.05) is 32.5 Å². The summed E-state index contributed by atoms with van der Waals surface area (Å²) in [5, 5.41) is 3.66. The van der Waals surface area contributed by atoms with Crippen molar-refractivity contribution in [3.05, 3.63) is 24.3 Å². The third kappa shape index (κ3) is 6.72. The van der Waals surface area contributed by atoms with E-state index in [1.54, 1.807) is 18.9 Å². The first-order valence-electron chi connectivity index (χ1n) is 9.02. The maximum atomic E-state index is 12.3. The molecule has 1 aromatic carbocycles. The zero-order valence-electron chi connectivity index (χ0n) is 14.9. The Kier molecular flexibility index (Phi) is 8.40. The highest BCUT2D eigenvalue weighted by Crippen LogP contribution is 2.28. The second kappa shape index (κ2) is 10.3. The van der Waals surface area contributed by atoms with Crippen LogP contribution in [-0.2, 0) is 4.79 Å². The topological polar surface area (TPSA) is 41.6 Å². The molecule has 1 aliphatic carbocycles. The average molecular weight is 385 g/mol. The van der Waals surface area contributed by atoms with Crippen molar-refractivity contribution in [3.63, 3.8) is 0 Å². The molecule has 4 nitrogen and oxygen atoms in total. The number of thioether (sulfide) groups is 1. The first-order valence-corrected chi connectivity index (χ1v) is 10.0. The van der Waals surface area contributed by atoms with Gasteiger partial charge in [-0.1, -0.05) is 0 Å². The number of hydrogen-bond acceptors (Lipinski definition) is 4. The highest BCUT2D eigenvalue weighted by molar-refractivity contribution is 7.99. The summed E-state index contributed by atoms with van der Waals surface area (Å²) in [5.74, 6) is 2.94. The van der Waals surface area contributed by atoms with Gasteiger partial charge in [0.05, 0.1) is 7.11 Å². The van der Waals surface area contributed by atoms with Gasteiger partial charge in [0.15, 0.2) is 0 Å². The second-order valence-electron chi connectivity index (χ2n) is 6.78. The lowest BCUT2D eigenvalue weighted by atomic mass is 10.0. The molecule has 0 unspecified atom stereocenters. The standard InChI is InChI=1S/C19H28N2O2S.ClH/c1-23-17-4-6-18(7-5-17)24-13-10-19(22)21-11-8-16(9-12-21)20-14-15-2-3-15;/h4-7,15-16,20H,2-3,8-14H2,1H3;1H. The van der Waals surface area contributed by atoms with Gasteiger partial charge < -0.3 is 15.0 Å². The molecule has 25 heavy (non-hydrogen) atoms. The minimum absolute atomic E-state index is 0. The first kappa shape index (κ1) is 20.4. The van der Waals surface area contributed by atoms with Crippen molar-refractivity contribution >= 4 is 30.1 Å². The fourth-order valence-electron chi connectivity index (χ4n) is 3.07. The number of hydrogen-bond donors (Lipinski definition) is 1. The van der Waals surface area contributed by atoms with Gasteiger partial charge in [-0.3, -0.25) is 4.79 Å². The predicted octanol–water partition coefficient (Wildman–Crippen LogP) is 3.59. The zero-order valence-corrected chi connectivity index (χ0v) is 16.5. The van der Waals surface area contributed by atoms with E-state index < -0.39 is 0 Å². The molecule has 0 aromatic heterocycles. The number of benzene rings is 1. The van der Waals surface area contributed by atoms with Gasteiger partial charge in [0.1, 0.15) is 5.75 Å². The molecule has 0 atom stereocenters. The van der Waals surface area contributed by atoms with Crippen LogP contribution in [0.3, 0.4) is 0 Å². The minimum atomic E-state index is 0. The van der Waals surface area contributed by atoms with Gasteiger partial charge in [-0.25, -0.2) is 0 Å². The summed E-state index contributed by atoms with van der Waals surface area (Å²) in [6.07, 6.45) is 5.62. The molecule has 2 fully saturated rings. The van der Waals surface area contributed by atoms with E-state index >= 15 is 0 Å². The zero-order chi connectivity index (χ0) is 16.8.